The molecule has 4 heterocycles. The maximum Gasteiger partial charge on any atom is 0.0593 e. The minimum Gasteiger partial charge on any atom is -0.379 e. The molecule has 1 atom stereocenters. The summed E-state index contributed by atoms with van der Waals surface area (Å²) in [7, 11) is 0. The van der Waals surface area contributed by atoms with Crippen LogP contribution in [0.25, 0.3) is 0 Å². The van der Waals surface area contributed by atoms with E-state index in [1.807, 2.05) is 29.8 Å². The molecule has 2 fully saturated rings. The van der Waals surface area contributed by atoms with Crippen LogP contribution in [-0.4, -0.2) is 54.2 Å². The van der Waals surface area contributed by atoms with Crippen molar-refractivity contribution in [2.45, 2.75) is 19.5 Å². The molecule has 0 amide bonds. The molecule has 24 heavy (non-hydrogen) atoms. The summed E-state index contributed by atoms with van der Waals surface area (Å²) in [4.78, 5) is 10.9. The van der Waals surface area contributed by atoms with Crippen molar-refractivity contribution in [3.05, 3.63) is 52.5 Å². The van der Waals surface area contributed by atoms with Crippen molar-refractivity contribution < 1.29 is 4.74 Å². The molecule has 0 unspecified atom stereocenters. The molecule has 0 bridgehead atoms. The van der Waals surface area contributed by atoms with E-state index in [9.17, 15) is 0 Å². The molecule has 128 valence electrons. The molecule has 4 rings (SSSR count). The fourth-order valence-corrected chi connectivity index (χ4v) is 4.74. The average Bonchev–Trinajstić information content (AvgIpc) is 3.18. The van der Waals surface area contributed by atoms with Crippen LogP contribution in [0.15, 0.2) is 42.0 Å². The van der Waals surface area contributed by atoms with Crippen molar-refractivity contribution in [1.82, 2.24) is 14.8 Å². The van der Waals surface area contributed by atoms with E-state index in [1.165, 1.54) is 16.9 Å². The minimum atomic E-state index is 0.288. The number of pyridine rings is 1. The van der Waals surface area contributed by atoms with Crippen molar-refractivity contribution in [1.29, 1.82) is 0 Å². The molecule has 0 radical (unpaired) electrons. The monoisotopic (exact) mass is 343 g/mol. The largest absolute Gasteiger partial charge is 0.379 e. The Hall–Kier alpha value is -1.27. The molecule has 0 aromatic carbocycles. The Morgan fingerprint density at radius 1 is 1.12 bits per heavy atom. The van der Waals surface area contributed by atoms with Gasteiger partial charge in [0, 0.05) is 55.4 Å². The number of likely N-dealkylation sites (tertiary alicyclic amines) is 1. The second kappa shape index (κ2) is 7.31. The van der Waals surface area contributed by atoms with E-state index < -0.39 is 0 Å². The standard InChI is InChI=1S/C19H25N3OS/c1-3-17(11-20-6-1)12-21-7-5-19(14-21)15-22(8-9-23-16-19)13-18-4-2-10-24-18/h1-4,6,10-11H,5,7-9,12-16H2/t19-/m0/s1. The van der Waals surface area contributed by atoms with Gasteiger partial charge in [0.2, 0.25) is 0 Å². The lowest BCUT2D eigenvalue weighted by Gasteiger charge is -2.31. The second-order valence-corrected chi connectivity index (χ2v) is 8.20. The van der Waals surface area contributed by atoms with Gasteiger partial charge in [-0.05, 0) is 36.0 Å². The number of aromatic nitrogens is 1. The quantitative estimate of drug-likeness (QED) is 0.853. The second-order valence-electron chi connectivity index (χ2n) is 7.16. The van der Waals surface area contributed by atoms with Gasteiger partial charge in [0.05, 0.1) is 13.2 Å². The first-order valence-electron chi connectivity index (χ1n) is 8.75. The van der Waals surface area contributed by atoms with Crippen LogP contribution in [0.4, 0.5) is 0 Å². The van der Waals surface area contributed by atoms with E-state index in [4.69, 9.17) is 4.74 Å². The zero-order valence-corrected chi connectivity index (χ0v) is 14.9. The molecule has 0 N–H and O–H groups in total. The van der Waals surface area contributed by atoms with Crippen molar-refractivity contribution in [2.75, 3.05) is 39.4 Å². The van der Waals surface area contributed by atoms with Crippen molar-refractivity contribution >= 4 is 11.3 Å². The molecule has 2 aliphatic rings. The molecule has 2 aliphatic heterocycles. The average molecular weight is 343 g/mol. The lowest BCUT2D eigenvalue weighted by atomic mass is 9.87. The van der Waals surface area contributed by atoms with E-state index in [2.05, 4.69) is 38.4 Å². The first-order chi connectivity index (χ1) is 11.8. The summed E-state index contributed by atoms with van der Waals surface area (Å²) < 4.78 is 6.00. The summed E-state index contributed by atoms with van der Waals surface area (Å²) in [5.41, 5.74) is 1.59. The highest BCUT2D eigenvalue weighted by molar-refractivity contribution is 7.09. The Kier molecular flexibility index (Phi) is 4.94. The van der Waals surface area contributed by atoms with Crippen LogP contribution in [0.2, 0.25) is 0 Å². The van der Waals surface area contributed by atoms with Gasteiger partial charge in [-0.25, -0.2) is 0 Å². The Morgan fingerprint density at radius 3 is 2.83 bits per heavy atom. The fraction of sp³-hybridized carbons (Fsp3) is 0.526. The summed E-state index contributed by atoms with van der Waals surface area (Å²) in [6.07, 6.45) is 5.06. The normalized spacial score (nSPS) is 26.0. The van der Waals surface area contributed by atoms with Gasteiger partial charge in [-0.3, -0.25) is 14.8 Å². The van der Waals surface area contributed by atoms with Crippen LogP contribution in [0.3, 0.4) is 0 Å². The summed E-state index contributed by atoms with van der Waals surface area (Å²) in [5, 5.41) is 2.17. The van der Waals surface area contributed by atoms with Crippen LogP contribution in [0.1, 0.15) is 16.9 Å². The predicted octanol–water partition coefficient (Wildman–Crippen LogP) is 2.87. The third-order valence-electron chi connectivity index (χ3n) is 5.13. The van der Waals surface area contributed by atoms with Crippen molar-refractivity contribution in [2.24, 2.45) is 5.41 Å². The van der Waals surface area contributed by atoms with E-state index in [-0.39, 0.29) is 5.41 Å². The summed E-state index contributed by atoms with van der Waals surface area (Å²) in [6.45, 7) is 8.30. The lowest BCUT2D eigenvalue weighted by Crippen LogP contribution is -2.40. The van der Waals surface area contributed by atoms with Gasteiger partial charge in [-0.2, -0.15) is 0 Å². The number of ether oxygens (including phenoxy) is 1. The third kappa shape index (κ3) is 3.86. The Labute approximate surface area is 148 Å². The van der Waals surface area contributed by atoms with Gasteiger partial charge >= 0.3 is 0 Å². The lowest BCUT2D eigenvalue weighted by molar-refractivity contribution is 0.0706. The van der Waals surface area contributed by atoms with Gasteiger partial charge in [0.1, 0.15) is 0 Å². The van der Waals surface area contributed by atoms with Gasteiger partial charge < -0.3 is 4.74 Å². The maximum atomic E-state index is 6.00. The number of hydrogen-bond donors (Lipinski definition) is 0. The molecular weight excluding hydrogens is 318 g/mol. The Balaban J connectivity index is 1.40. The topological polar surface area (TPSA) is 28.6 Å². The summed E-state index contributed by atoms with van der Waals surface area (Å²) in [6, 6.07) is 8.59. The highest BCUT2D eigenvalue weighted by atomic mass is 32.1. The molecule has 2 aromatic rings. The molecule has 1 spiro atoms. The minimum absolute atomic E-state index is 0.288. The third-order valence-corrected chi connectivity index (χ3v) is 5.99. The summed E-state index contributed by atoms with van der Waals surface area (Å²) in [5.74, 6) is 0. The number of nitrogens with zero attached hydrogens (tertiary/aromatic N) is 3. The number of hydrogen-bond acceptors (Lipinski definition) is 5. The van der Waals surface area contributed by atoms with Gasteiger partial charge in [-0.1, -0.05) is 12.1 Å². The van der Waals surface area contributed by atoms with E-state index >= 15 is 0 Å². The van der Waals surface area contributed by atoms with Crippen LogP contribution < -0.4 is 0 Å². The highest BCUT2D eigenvalue weighted by Gasteiger charge is 2.40. The van der Waals surface area contributed by atoms with E-state index in [1.54, 1.807) is 0 Å². The van der Waals surface area contributed by atoms with Gasteiger partial charge in [-0.15, -0.1) is 11.3 Å². The van der Waals surface area contributed by atoms with Crippen molar-refractivity contribution in [3.8, 4) is 0 Å². The first-order valence-corrected chi connectivity index (χ1v) is 9.63. The Morgan fingerprint density at radius 2 is 2.04 bits per heavy atom. The van der Waals surface area contributed by atoms with Crippen molar-refractivity contribution in [3.63, 3.8) is 0 Å². The maximum absolute atomic E-state index is 6.00. The first kappa shape index (κ1) is 16.2. The smallest absolute Gasteiger partial charge is 0.0593 e. The van der Waals surface area contributed by atoms with E-state index in [0.717, 1.165) is 52.5 Å². The zero-order valence-electron chi connectivity index (χ0n) is 14.1. The molecule has 4 nitrogen and oxygen atoms in total. The molecular formula is C19H25N3OS. The number of rotatable bonds is 4. The predicted molar refractivity (Wildman–Crippen MR) is 97.0 cm³/mol. The fourth-order valence-electron chi connectivity index (χ4n) is 4.00. The molecule has 2 aromatic heterocycles. The Bertz CT molecular complexity index is 633. The molecule has 2 saturated heterocycles. The molecule has 0 aliphatic carbocycles. The zero-order chi connectivity index (χ0) is 16.2. The van der Waals surface area contributed by atoms with E-state index in [0.29, 0.717) is 0 Å². The van der Waals surface area contributed by atoms with Crippen LogP contribution in [0, 0.1) is 5.41 Å². The SMILES string of the molecule is c1cncc(CN2CC[C@]3(COCCN(Cc4cccs4)C3)C2)c1. The van der Waals surface area contributed by atoms with Gasteiger partial charge in [0.25, 0.3) is 0 Å². The van der Waals surface area contributed by atoms with Crippen LogP contribution in [-0.2, 0) is 17.8 Å². The highest BCUT2D eigenvalue weighted by Crippen LogP contribution is 2.34. The van der Waals surface area contributed by atoms with Crippen LogP contribution >= 0.6 is 11.3 Å². The number of thiophene rings is 1. The summed E-state index contributed by atoms with van der Waals surface area (Å²) >= 11 is 1.86. The van der Waals surface area contributed by atoms with Crippen LogP contribution in [0.5, 0.6) is 0 Å². The van der Waals surface area contributed by atoms with Gasteiger partial charge in [0.15, 0.2) is 0 Å². The molecule has 5 heteroatoms. The molecule has 0 saturated carbocycles.